The summed E-state index contributed by atoms with van der Waals surface area (Å²) in [6, 6.07) is 13.3. The molecule has 2 rings (SSSR count). The zero-order valence-corrected chi connectivity index (χ0v) is 12.4. The fourth-order valence-corrected chi connectivity index (χ4v) is 1.88. The quantitative estimate of drug-likeness (QED) is 0.698. The molecule has 0 bridgehead atoms. The molecule has 0 aromatic heterocycles. The zero-order chi connectivity index (χ0) is 15.9. The third kappa shape index (κ3) is 4.47. The van der Waals surface area contributed by atoms with Gasteiger partial charge in [0.2, 0.25) is 5.91 Å². The fraction of sp³-hybridized carbons (Fsp3) is 0.0667. The second kappa shape index (κ2) is 7.44. The van der Waals surface area contributed by atoms with Gasteiger partial charge >= 0.3 is 6.03 Å². The molecule has 2 aromatic carbocycles. The Balaban J connectivity index is 2.06. The van der Waals surface area contributed by atoms with Gasteiger partial charge in [-0.1, -0.05) is 29.8 Å². The molecule has 6 nitrogen and oxygen atoms in total. The minimum atomic E-state index is -0.435. The molecular weight excluding hydrogens is 304 g/mol. The molecule has 0 fully saturated rings. The number of rotatable bonds is 4. The van der Waals surface area contributed by atoms with Gasteiger partial charge in [0.05, 0.1) is 17.3 Å². The number of anilines is 3. The van der Waals surface area contributed by atoms with Gasteiger partial charge in [-0.05, 0) is 30.3 Å². The Bertz CT molecular complexity index is 676. The maximum Gasteiger partial charge on any atom is 0.323 e. The Kier molecular flexibility index (Phi) is 5.35. The van der Waals surface area contributed by atoms with Crippen LogP contribution in [0.15, 0.2) is 48.5 Å². The molecule has 0 aliphatic heterocycles. The lowest BCUT2D eigenvalue weighted by atomic mass is 10.2. The van der Waals surface area contributed by atoms with E-state index in [4.69, 9.17) is 17.3 Å². The molecule has 0 spiro atoms. The van der Waals surface area contributed by atoms with Gasteiger partial charge in [0.25, 0.3) is 0 Å². The van der Waals surface area contributed by atoms with Crippen molar-refractivity contribution in [1.29, 1.82) is 0 Å². The van der Waals surface area contributed by atoms with Crippen molar-refractivity contribution in [3.8, 4) is 0 Å². The number of amides is 3. The highest BCUT2D eigenvalue weighted by Crippen LogP contribution is 2.25. The summed E-state index contributed by atoms with van der Waals surface area (Å²) in [6.45, 7) is -0.125. The molecule has 0 radical (unpaired) electrons. The highest BCUT2D eigenvalue weighted by molar-refractivity contribution is 6.34. The number of nitrogens with two attached hydrogens (primary N) is 1. The van der Waals surface area contributed by atoms with Crippen LogP contribution >= 0.6 is 11.6 Å². The summed E-state index contributed by atoms with van der Waals surface area (Å²) >= 11 is 6.03. The predicted octanol–water partition coefficient (Wildman–Crippen LogP) is 2.88. The monoisotopic (exact) mass is 318 g/mol. The Labute approximate surface area is 132 Å². The highest BCUT2D eigenvalue weighted by atomic mass is 35.5. The first-order valence-corrected chi connectivity index (χ1v) is 6.89. The van der Waals surface area contributed by atoms with Crippen molar-refractivity contribution in [2.45, 2.75) is 0 Å². The van der Waals surface area contributed by atoms with Crippen molar-refractivity contribution in [3.05, 3.63) is 53.6 Å². The number of carbonyl (C=O) groups excluding carboxylic acids is 2. The second-order valence-electron chi connectivity index (χ2n) is 4.39. The van der Waals surface area contributed by atoms with Crippen molar-refractivity contribution in [2.75, 3.05) is 22.5 Å². The normalized spacial score (nSPS) is 9.91. The van der Waals surface area contributed by atoms with Crippen molar-refractivity contribution in [2.24, 2.45) is 5.73 Å². The van der Waals surface area contributed by atoms with Gasteiger partial charge in [-0.25, -0.2) is 4.79 Å². The third-order valence-electron chi connectivity index (χ3n) is 2.72. The topological polar surface area (TPSA) is 96.2 Å². The van der Waals surface area contributed by atoms with Gasteiger partial charge in [-0.15, -0.1) is 0 Å². The molecule has 3 amide bonds. The predicted molar refractivity (Wildman–Crippen MR) is 88.2 cm³/mol. The average molecular weight is 319 g/mol. The summed E-state index contributed by atoms with van der Waals surface area (Å²) in [6.07, 6.45) is 0. The maximum absolute atomic E-state index is 11.9. The molecule has 5 N–H and O–H groups in total. The Morgan fingerprint density at radius 1 is 0.955 bits per heavy atom. The number of nitrogens with one attached hydrogen (secondary N) is 3. The van der Waals surface area contributed by atoms with Gasteiger partial charge in [0.15, 0.2) is 0 Å². The van der Waals surface area contributed by atoms with E-state index in [0.717, 1.165) is 0 Å². The van der Waals surface area contributed by atoms with Gasteiger partial charge in [-0.3, -0.25) is 4.79 Å². The zero-order valence-electron chi connectivity index (χ0n) is 11.6. The molecule has 0 aliphatic rings. The van der Waals surface area contributed by atoms with E-state index in [1.165, 1.54) is 0 Å². The molecule has 7 heteroatoms. The largest absolute Gasteiger partial charge is 0.325 e. The Morgan fingerprint density at radius 3 is 2.36 bits per heavy atom. The van der Waals surface area contributed by atoms with Crippen molar-refractivity contribution < 1.29 is 9.59 Å². The average Bonchev–Trinajstić information content (AvgIpc) is 2.51. The van der Waals surface area contributed by atoms with E-state index in [1.54, 1.807) is 30.3 Å². The van der Waals surface area contributed by atoms with E-state index in [1.807, 2.05) is 18.2 Å². The summed E-state index contributed by atoms with van der Waals surface area (Å²) in [5, 5.41) is 8.24. The van der Waals surface area contributed by atoms with E-state index in [0.29, 0.717) is 22.1 Å². The van der Waals surface area contributed by atoms with Gasteiger partial charge in [-0.2, -0.15) is 0 Å². The van der Waals surface area contributed by atoms with Crippen LogP contribution in [0.2, 0.25) is 5.02 Å². The molecule has 0 heterocycles. The van der Waals surface area contributed by atoms with Crippen LogP contribution in [0.3, 0.4) is 0 Å². The van der Waals surface area contributed by atoms with Gasteiger partial charge < -0.3 is 21.7 Å². The lowest BCUT2D eigenvalue weighted by Crippen LogP contribution is -2.22. The molecular formula is C15H15ClN4O2. The van der Waals surface area contributed by atoms with E-state index >= 15 is 0 Å². The molecule has 0 aliphatic carbocycles. The summed E-state index contributed by atoms with van der Waals surface area (Å²) < 4.78 is 0. The first kappa shape index (κ1) is 15.8. The summed E-state index contributed by atoms with van der Waals surface area (Å²) in [5.74, 6) is -0.331. The lowest BCUT2D eigenvalue weighted by Gasteiger charge is -2.11. The Hall–Kier alpha value is -2.57. The molecule has 22 heavy (non-hydrogen) atoms. The van der Waals surface area contributed by atoms with Crippen molar-refractivity contribution in [1.82, 2.24) is 0 Å². The standard InChI is InChI=1S/C15H15ClN4O2/c16-12-7-6-11(18-14(21)9-17)8-13(12)20-15(22)19-10-4-2-1-3-5-10/h1-8H,9,17H2,(H,18,21)(H2,19,20,22). The first-order valence-electron chi connectivity index (χ1n) is 6.51. The van der Waals surface area contributed by atoms with Crippen molar-refractivity contribution in [3.63, 3.8) is 0 Å². The van der Waals surface area contributed by atoms with Gasteiger partial charge in [0.1, 0.15) is 0 Å². The molecule has 0 atom stereocenters. The molecule has 2 aromatic rings. The first-order chi connectivity index (χ1) is 10.6. The van der Waals surface area contributed by atoms with E-state index in [9.17, 15) is 9.59 Å². The van der Waals surface area contributed by atoms with Crippen LogP contribution in [0.4, 0.5) is 21.9 Å². The number of hydrogen-bond acceptors (Lipinski definition) is 3. The third-order valence-corrected chi connectivity index (χ3v) is 3.04. The van der Waals surface area contributed by atoms with Crippen molar-refractivity contribution >= 4 is 40.6 Å². The minimum absolute atomic E-state index is 0.125. The number of benzene rings is 2. The minimum Gasteiger partial charge on any atom is -0.325 e. The fourth-order valence-electron chi connectivity index (χ4n) is 1.72. The molecule has 0 saturated carbocycles. The SMILES string of the molecule is NCC(=O)Nc1ccc(Cl)c(NC(=O)Nc2ccccc2)c1. The molecule has 114 valence electrons. The van der Waals surface area contributed by atoms with Crippen LogP contribution in [0.25, 0.3) is 0 Å². The van der Waals surface area contributed by atoms with Crippen LogP contribution in [0.5, 0.6) is 0 Å². The van der Waals surface area contributed by atoms with E-state index in [-0.39, 0.29) is 12.5 Å². The number of carbonyl (C=O) groups is 2. The number of para-hydroxylation sites is 1. The second-order valence-corrected chi connectivity index (χ2v) is 4.80. The van der Waals surface area contributed by atoms with Crippen LogP contribution in [0.1, 0.15) is 0 Å². The number of hydrogen-bond donors (Lipinski definition) is 4. The number of urea groups is 1. The summed E-state index contributed by atoms with van der Waals surface area (Å²) in [7, 11) is 0. The summed E-state index contributed by atoms with van der Waals surface area (Å²) in [5.41, 5.74) is 6.77. The lowest BCUT2D eigenvalue weighted by molar-refractivity contribution is -0.114. The van der Waals surface area contributed by atoms with Gasteiger partial charge in [0, 0.05) is 11.4 Å². The Morgan fingerprint density at radius 2 is 1.68 bits per heavy atom. The number of halogens is 1. The van der Waals surface area contributed by atoms with E-state index in [2.05, 4.69) is 16.0 Å². The molecule has 0 unspecified atom stereocenters. The maximum atomic E-state index is 11.9. The highest BCUT2D eigenvalue weighted by Gasteiger charge is 2.08. The van der Waals surface area contributed by atoms with E-state index < -0.39 is 6.03 Å². The van der Waals surface area contributed by atoms with Crippen LogP contribution < -0.4 is 21.7 Å². The summed E-state index contributed by atoms with van der Waals surface area (Å²) in [4.78, 5) is 23.2. The smallest absolute Gasteiger partial charge is 0.323 e. The van der Waals surface area contributed by atoms with Crippen LogP contribution in [-0.4, -0.2) is 18.5 Å². The molecule has 0 saturated heterocycles. The van der Waals surface area contributed by atoms with Crippen LogP contribution in [-0.2, 0) is 4.79 Å². The van der Waals surface area contributed by atoms with Crippen LogP contribution in [0, 0.1) is 0 Å².